The van der Waals surface area contributed by atoms with Gasteiger partial charge < -0.3 is 15.7 Å². The Balaban J connectivity index is 2.20. The molecule has 108 valence electrons. The summed E-state index contributed by atoms with van der Waals surface area (Å²) >= 11 is 0. The lowest BCUT2D eigenvalue weighted by atomic mass is 10.2. The minimum atomic E-state index is -1.11. The lowest BCUT2D eigenvalue weighted by Gasteiger charge is -2.05. The lowest BCUT2D eigenvalue weighted by Crippen LogP contribution is -2.30. The number of halogens is 1. The van der Waals surface area contributed by atoms with Gasteiger partial charge in [0.2, 0.25) is 5.91 Å². The fourth-order valence-corrected chi connectivity index (χ4v) is 1.42. The van der Waals surface area contributed by atoms with Gasteiger partial charge in [0.05, 0.1) is 0 Å². The van der Waals surface area contributed by atoms with E-state index in [0.717, 1.165) is 0 Å². The Bertz CT molecular complexity index is 488. The fourth-order valence-electron chi connectivity index (χ4n) is 1.42. The van der Waals surface area contributed by atoms with E-state index in [4.69, 9.17) is 5.11 Å². The van der Waals surface area contributed by atoms with Gasteiger partial charge in [-0.2, -0.15) is 0 Å². The van der Waals surface area contributed by atoms with Crippen LogP contribution < -0.4 is 10.6 Å². The molecule has 3 N–H and O–H groups in total. The quantitative estimate of drug-likeness (QED) is 0.636. The summed E-state index contributed by atoms with van der Waals surface area (Å²) in [6.45, 7) is -0.141. The molecule has 0 heterocycles. The summed E-state index contributed by atoms with van der Waals surface area (Å²) in [5.41, 5.74) is 0.335. The zero-order chi connectivity index (χ0) is 15.0. The fraction of sp³-hybridized carbons (Fsp3) is 0.308. The number of rotatable bonds is 7. The molecule has 0 unspecified atom stereocenters. The third-order valence-corrected chi connectivity index (χ3v) is 2.41. The summed E-state index contributed by atoms with van der Waals surface area (Å²) in [5.74, 6) is -2.26. The minimum absolute atomic E-state index is 0.122. The molecule has 1 rings (SSSR count). The molecule has 7 heteroatoms. The van der Waals surface area contributed by atoms with Gasteiger partial charge in [-0.3, -0.25) is 14.4 Å². The Morgan fingerprint density at radius 3 is 2.35 bits per heavy atom. The Morgan fingerprint density at radius 1 is 1.10 bits per heavy atom. The van der Waals surface area contributed by atoms with Crippen molar-refractivity contribution in [1.82, 2.24) is 10.6 Å². The van der Waals surface area contributed by atoms with Crippen LogP contribution in [-0.2, 0) is 9.59 Å². The van der Waals surface area contributed by atoms with E-state index in [2.05, 4.69) is 10.6 Å². The van der Waals surface area contributed by atoms with Gasteiger partial charge >= 0.3 is 5.97 Å². The molecule has 0 atom stereocenters. The molecule has 0 radical (unpaired) electrons. The van der Waals surface area contributed by atoms with E-state index in [-0.39, 0.29) is 24.8 Å². The predicted octanol–water partition coefficient (Wildman–Crippen LogP) is 0.536. The maximum absolute atomic E-state index is 12.7. The number of hydrogen-bond donors (Lipinski definition) is 3. The molecule has 0 bridgehead atoms. The van der Waals surface area contributed by atoms with E-state index in [1.807, 2.05) is 0 Å². The zero-order valence-electron chi connectivity index (χ0n) is 10.7. The molecule has 0 aliphatic heterocycles. The maximum atomic E-state index is 12.7. The predicted molar refractivity (Wildman–Crippen MR) is 68.6 cm³/mol. The van der Waals surface area contributed by atoms with Crippen molar-refractivity contribution >= 4 is 17.8 Å². The monoisotopic (exact) mass is 282 g/mol. The van der Waals surface area contributed by atoms with E-state index in [1.54, 1.807) is 0 Å². The van der Waals surface area contributed by atoms with Gasteiger partial charge in [-0.15, -0.1) is 0 Å². The van der Waals surface area contributed by atoms with Crippen molar-refractivity contribution in [3.8, 4) is 0 Å². The molecule has 0 spiro atoms. The number of hydrogen-bond acceptors (Lipinski definition) is 3. The second-order valence-corrected chi connectivity index (χ2v) is 4.04. The van der Waals surface area contributed by atoms with Crippen LogP contribution in [0.5, 0.6) is 0 Å². The molecule has 0 fully saturated rings. The zero-order valence-corrected chi connectivity index (χ0v) is 10.7. The van der Waals surface area contributed by atoms with Crippen LogP contribution in [0.25, 0.3) is 0 Å². The Morgan fingerprint density at radius 2 is 1.75 bits per heavy atom. The summed E-state index contributed by atoms with van der Waals surface area (Å²) in [7, 11) is 0. The molecular formula is C13H15FN2O4. The van der Waals surface area contributed by atoms with Crippen LogP contribution in [-0.4, -0.2) is 36.0 Å². The van der Waals surface area contributed by atoms with Gasteiger partial charge in [0.15, 0.2) is 0 Å². The number of carboxylic acid groups (broad SMARTS) is 1. The number of carboxylic acids is 1. The van der Waals surface area contributed by atoms with Crippen LogP contribution in [0.2, 0.25) is 0 Å². The molecule has 0 saturated heterocycles. The first-order valence-corrected chi connectivity index (χ1v) is 6.01. The molecule has 1 aromatic rings. The second-order valence-electron chi connectivity index (χ2n) is 4.04. The highest BCUT2D eigenvalue weighted by Crippen LogP contribution is 2.02. The van der Waals surface area contributed by atoms with Gasteiger partial charge in [-0.25, -0.2) is 4.39 Å². The average Bonchev–Trinajstić information content (AvgIpc) is 2.42. The Hall–Kier alpha value is -2.44. The van der Waals surface area contributed by atoms with Crippen molar-refractivity contribution in [3.05, 3.63) is 35.6 Å². The van der Waals surface area contributed by atoms with Crippen molar-refractivity contribution < 1.29 is 23.9 Å². The van der Waals surface area contributed by atoms with Crippen LogP contribution in [0, 0.1) is 5.82 Å². The smallest absolute Gasteiger partial charge is 0.322 e. The van der Waals surface area contributed by atoms with Gasteiger partial charge in [-0.1, -0.05) is 0 Å². The van der Waals surface area contributed by atoms with Crippen molar-refractivity contribution in [2.45, 2.75) is 12.8 Å². The van der Waals surface area contributed by atoms with Crippen LogP contribution in [0.4, 0.5) is 4.39 Å². The van der Waals surface area contributed by atoms with Crippen LogP contribution in [0.15, 0.2) is 24.3 Å². The molecule has 0 aromatic heterocycles. The summed E-state index contributed by atoms with van der Waals surface area (Å²) in [6, 6.07) is 5.11. The maximum Gasteiger partial charge on any atom is 0.322 e. The number of nitrogens with one attached hydrogen (secondary N) is 2. The molecule has 20 heavy (non-hydrogen) atoms. The van der Waals surface area contributed by atoms with E-state index in [0.29, 0.717) is 12.0 Å². The number of amides is 2. The molecule has 6 nitrogen and oxygen atoms in total. The minimum Gasteiger partial charge on any atom is -0.480 e. The third kappa shape index (κ3) is 5.94. The standard InChI is InChI=1S/C13H15FN2O4/c14-10-5-3-9(4-6-10)13(20)15-7-1-2-11(17)16-8-12(18)19/h3-6H,1-2,7-8H2,(H,15,20)(H,16,17)(H,18,19). The summed E-state index contributed by atoms with van der Waals surface area (Å²) in [6.07, 6.45) is 0.509. The highest BCUT2D eigenvalue weighted by atomic mass is 19.1. The summed E-state index contributed by atoms with van der Waals surface area (Å²) in [4.78, 5) is 33.0. The Kier molecular flexibility index (Phi) is 6.15. The SMILES string of the molecule is O=C(O)CNC(=O)CCCNC(=O)c1ccc(F)cc1. The van der Waals surface area contributed by atoms with Crippen molar-refractivity contribution in [2.24, 2.45) is 0 Å². The third-order valence-electron chi connectivity index (χ3n) is 2.41. The highest BCUT2D eigenvalue weighted by molar-refractivity contribution is 5.94. The first-order valence-electron chi connectivity index (χ1n) is 6.01. The van der Waals surface area contributed by atoms with Crippen molar-refractivity contribution in [2.75, 3.05) is 13.1 Å². The van der Waals surface area contributed by atoms with E-state index < -0.39 is 18.3 Å². The normalized spacial score (nSPS) is 9.85. The molecule has 0 aliphatic rings. The topological polar surface area (TPSA) is 95.5 Å². The van der Waals surface area contributed by atoms with E-state index >= 15 is 0 Å². The van der Waals surface area contributed by atoms with Crippen LogP contribution >= 0.6 is 0 Å². The Labute approximate surface area is 115 Å². The van der Waals surface area contributed by atoms with Crippen LogP contribution in [0.3, 0.4) is 0 Å². The molecule has 1 aromatic carbocycles. The van der Waals surface area contributed by atoms with Crippen LogP contribution in [0.1, 0.15) is 23.2 Å². The lowest BCUT2D eigenvalue weighted by molar-refractivity contribution is -0.137. The number of benzene rings is 1. The number of aliphatic carboxylic acids is 1. The van der Waals surface area contributed by atoms with Gasteiger partial charge in [-0.05, 0) is 30.7 Å². The van der Waals surface area contributed by atoms with Gasteiger partial charge in [0.25, 0.3) is 5.91 Å². The summed E-state index contributed by atoms with van der Waals surface area (Å²) in [5, 5.41) is 13.2. The van der Waals surface area contributed by atoms with Gasteiger partial charge in [0, 0.05) is 18.5 Å². The first kappa shape index (κ1) is 15.6. The van der Waals surface area contributed by atoms with Crippen molar-refractivity contribution in [1.29, 1.82) is 0 Å². The molecule has 0 saturated carbocycles. The summed E-state index contributed by atoms with van der Waals surface area (Å²) < 4.78 is 12.7. The van der Waals surface area contributed by atoms with Gasteiger partial charge in [0.1, 0.15) is 12.4 Å². The molecule has 2 amide bonds. The number of carbonyl (C=O) groups excluding carboxylic acids is 2. The second kappa shape index (κ2) is 7.88. The van der Waals surface area contributed by atoms with E-state index in [1.165, 1.54) is 24.3 Å². The molecule has 0 aliphatic carbocycles. The molecular weight excluding hydrogens is 267 g/mol. The average molecular weight is 282 g/mol. The number of carbonyl (C=O) groups is 3. The highest BCUT2D eigenvalue weighted by Gasteiger charge is 2.06. The van der Waals surface area contributed by atoms with E-state index in [9.17, 15) is 18.8 Å². The largest absolute Gasteiger partial charge is 0.480 e. The first-order chi connectivity index (χ1) is 9.49. The van der Waals surface area contributed by atoms with Crippen molar-refractivity contribution in [3.63, 3.8) is 0 Å².